The number of piperidine rings is 1. The number of rotatable bonds is 7. The topological polar surface area (TPSA) is 39.7 Å². The lowest BCUT2D eigenvalue weighted by Crippen LogP contribution is -2.43. The molecule has 1 heterocycles. The Balaban J connectivity index is 0.00000312. The molecule has 1 aliphatic rings. The molecule has 2 rings (SSSR count). The summed E-state index contributed by atoms with van der Waals surface area (Å²) in [5.41, 5.74) is 1.00. The van der Waals surface area contributed by atoms with Crippen molar-refractivity contribution < 1.29 is 4.39 Å². The van der Waals surface area contributed by atoms with Crippen molar-refractivity contribution in [2.75, 3.05) is 39.8 Å². The summed E-state index contributed by atoms with van der Waals surface area (Å²) in [5, 5.41) is 6.74. The highest BCUT2D eigenvalue weighted by Crippen LogP contribution is 2.16. The Kier molecular flexibility index (Phi) is 11.0. The lowest BCUT2D eigenvalue weighted by molar-refractivity contribution is 0.185. The van der Waals surface area contributed by atoms with Crippen molar-refractivity contribution in [3.8, 4) is 0 Å². The highest BCUT2D eigenvalue weighted by atomic mass is 127. The zero-order valence-corrected chi connectivity index (χ0v) is 17.8. The van der Waals surface area contributed by atoms with Crippen LogP contribution in [-0.2, 0) is 6.42 Å². The Labute approximate surface area is 168 Å². The van der Waals surface area contributed by atoms with E-state index in [0.29, 0.717) is 0 Å². The standard InChI is InChI=1S/C19H31FN4.HI/c1-3-11-24-12-8-17(9-13-24)15-23-19(21-2)22-10-7-16-5-4-6-18(20)14-16;/h4-6,14,17H,3,7-13,15H2,1-2H3,(H2,21,22,23);1H. The quantitative estimate of drug-likeness (QED) is 0.371. The first kappa shape index (κ1) is 22.2. The van der Waals surface area contributed by atoms with Gasteiger partial charge in [0.05, 0.1) is 0 Å². The summed E-state index contributed by atoms with van der Waals surface area (Å²) in [7, 11) is 1.79. The summed E-state index contributed by atoms with van der Waals surface area (Å²) in [5.74, 6) is 1.38. The third kappa shape index (κ3) is 8.35. The van der Waals surface area contributed by atoms with E-state index >= 15 is 0 Å². The van der Waals surface area contributed by atoms with E-state index in [1.54, 1.807) is 19.2 Å². The molecule has 0 unspecified atom stereocenters. The fourth-order valence-corrected chi connectivity index (χ4v) is 3.21. The minimum atomic E-state index is -0.176. The minimum absolute atomic E-state index is 0. The molecule has 0 amide bonds. The molecule has 142 valence electrons. The van der Waals surface area contributed by atoms with Gasteiger partial charge in [-0.15, -0.1) is 24.0 Å². The van der Waals surface area contributed by atoms with E-state index in [2.05, 4.69) is 27.4 Å². The number of hydrogen-bond donors (Lipinski definition) is 2. The molecule has 1 fully saturated rings. The van der Waals surface area contributed by atoms with Crippen LogP contribution >= 0.6 is 24.0 Å². The maximum Gasteiger partial charge on any atom is 0.190 e. The van der Waals surface area contributed by atoms with Gasteiger partial charge in [-0.3, -0.25) is 4.99 Å². The molecule has 1 aromatic rings. The van der Waals surface area contributed by atoms with Gasteiger partial charge in [0, 0.05) is 20.1 Å². The third-order valence-corrected chi connectivity index (χ3v) is 4.62. The smallest absolute Gasteiger partial charge is 0.190 e. The van der Waals surface area contributed by atoms with Gasteiger partial charge in [0.15, 0.2) is 5.96 Å². The van der Waals surface area contributed by atoms with Gasteiger partial charge in [-0.1, -0.05) is 19.1 Å². The van der Waals surface area contributed by atoms with Gasteiger partial charge < -0.3 is 15.5 Å². The van der Waals surface area contributed by atoms with Crippen LogP contribution in [0.1, 0.15) is 31.7 Å². The monoisotopic (exact) mass is 462 g/mol. The van der Waals surface area contributed by atoms with E-state index in [1.165, 1.54) is 45.0 Å². The number of benzene rings is 1. The molecule has 6 heteroatoms. The highest BCUT2D eigenvalue weighted by molar-refractivity contribution is 14.0. The lowest BCUT2D eigenvalue weighted by atomic mass is 9.97. The maximum absolute atomic E-state index is 13.2. The number of hydrogen-bond acceptors (Lipinski definition) is 2. The summed E-state index contributed by atoms with van der Waals surface area (Å²) in [4.78, 5) is 6.83. The van der Waals surface area contributed by atoms with Crippen molar-refractivity contribution in [1.29, 1.82) is 0 Å². The molecular weight excluding hydrogens is 430 g/mol. The Morgan fingerprint density at radius 3 is 2.68 bits per heavy atom. The van der Waals surface area contributed by atoms with Gasteiger partial charge in [0.25, 0.3) is 0 Å². The van der Waals surface area contributed by atoms with Crippen LogP contribution in [0.25, 0.3) is 0 Å². The average molecular weight is 462 g/mol. The number of nitrogens with zero attached hydrogens (tertiary/aromatic N) is 2. The van der Waals surface area contributed by atoms with Gasteiger partial charge in [-0.05, 0) is 68.9 Å². The molecule has 0 atom stereocenters. The molecule has 0 spiro atoms. The molecule has 0 saturated carbocycles. The second-order valence-corrected chi connectivity index (χ2v) is 6.54. The van der Waals surface area contributed by atoms with Crippen LogP contribution in [-0.4, -0.2) is 50.6 Å². The minimum Gasteiger partial charge on any atom is -0.356 e. The van der Waals surface area contributed by atoms with Crippen LogP contribution in [0.4, 0.5) is 4.39 Å². The molecule has 0 radical (unpaired) electrons. The number of aliphatic imine (C=N–C) groups is 1. The summed E-state index contributed by atoms with van der Waals surface area (Å²) < 4.78 is 13.2. The van der Waals surface area contributed by atoms with Crippen molar-refractivity contribution >= 4 is 29.9 Å². The van der Waals surface area contributed by atoms with E-state index in [-0.39, 0.29) is 29.8 Å². The largest absolute Gasteiger partial charge is 0.356 e. The van der Waals surface area contributed by atoms with Gasteiger partial charge in [0.1, 0.15) is 5.82 Å². The molecule has 25 heavy (non-hydrogen) atoms. The third-order valence-electron chi connectivity index (χ3n) is 4.62. The Morgan fingerprint density at radius 2 is 2.04 bits per heavy atom. The van der Waals surface area contributed by atoms with Crippen LogP contribution in [0.2, 0.25) is 0 Å². The molecule has 1 aliphatic heterocycles. The fraction of sp³-hybridized carbons (Fsp3) is 0.632. The molecular formula is C19H32FIN4. The Bertz CT molecular complexity index is 516. The number of nitrogens with one attached hydrogen (secondary N) is 2. The van der Waals surface area contributed by atoms with Crippen molar-refractivity contribution in [2.45, 2.75) is 32.6 Å². The van der Waals surface area contributed by atoms with Crippen molar-refractivity contribution in [1.82, 2.24) is 15.5 Å². The maximum atomic E-state index is 13.2. The van der Waals surface area contributed by atoms with Crippen molar-refractivity contribution in [3.05, 3.63) is 35.6 Å². The van der Waals surface area contributed by atoms with Gasteiger partial charge in [-0.25, -0.2) is 4.39 Å². The van der Waals surface area contributed by atoms with E-state index < -0.39 is 0 Å². The van der Waals surface area contributed by atoms with Crippen LogP contribution < -0.4 is 10.6 Å². The van der Waals surface area contributed by atoms with Gasteiger partial charge in [-0.2, -0.15) is 0 Å². The Morgan fingerprint density at radius 1 is 1.28 bits per heavy atom. The highest BCUT2D eigenvalue weighted by Gasteiger charge is 2.18. The van der Waals surface area contributed by atoms with Crippen molar-refractivity contribution in [2.24, 2.45) is 10.9 Å². The van der Waals surface area contributed by atoms with Crippen LogP contribution in [0.3, 0.4) is 0 Å². The predicted octanol–water partition coefficient (Wildman–Crippen LogP) is 3.27. The van der Waals surface area contributed by atoms with Crippen LogP contribution in [0.15, 0.2) is 29.3 Å². The zero-order chi connectivity index (χ0) is 17.2. The second-order valence-electron chi connectivity index (χ2n) is 6.54. The summed E-state index contributed by atoms with van der Waals surface area (Å²) in [6.45, 7) is 7.62. The van der Waals surface area contributed by atoms with Crippen LogP contribution in [0.5, 0.6) is 0 Å². The number of guanidine groups is 1. The number of likely N-dealkylation sites (tertiary alicyclic amines) is 1. The molecule has 1 saturated heterocycles. The lowest BCUT2D eigenvalue weighted by Gasteiger charge is -2.32. The second kappa shape index (κ2) is 12.5. The van der Waals surface area contributed by atoms with E-state index in [1.807, 2.05) is 6.07 Å². The van der Waals surface area contributed by atoms with Gasteiger partial charge >= 0.3 is 0 Å². The first-order valence-electron chi connectivity index (χ1n) is 9.12. The van der Waals surface area contributed by atoms with E-state index in [4.69, 9.17) is 0 Å². The Hall–Kier alpha value is -0.890. The normalized spacial score (nSPS) is 16.4. The molecule has 1 aromatic carbocycles. The average Bonchev–Trinajstić information content (AvgIpc) is 2.59. The summed E-state index contributed by atoms with van der Waals surface area (Å²) >= 11 is 0. The summed E-state index contributed by atoms with van der Waals surface area (Å²) in [6.07, 6.45) is 4.54. The molecule has 0 bridgehead atoms. The first-order chi connectivity index (χ1) is 11.7. The zero-order valence-electron chi connectivity index (χ0n) is 15.4. The SMILES string of the molecule is CCCN1CCC(CNC(=NC)NCCc2cccc(F)c2)CC1.I. The van der Waals surface area contributed by atoms with E-state index in [0.717, 1.165) is 37.0 Å². The molecule has 4 nitrogen and oxygen atoms in total. The molecule has 0 aliphatic carbocycles. The van der Waals surface area contributed by atoms with Gasteiger partial charge in [0.2, 0.25) is 0 Å². The van der Waals surface area contributed by atoms with Crippen molar-refractivity contribution in [3.63, 3.8) is 0 Å². The molecule has 0 aromatic heterocycles. The summed E-state index contributed by atoms with van der Waals surface area (Å²) in [6, 6.07) is 6.76. The molecule has 2 N–H and O–H groups in total. The van der Waals surface area contributed by atoms with E-state index in [9.17, 15) is 4.39 Å². The predicted molar refractivity (Wildman–Crippen MR) is 114 cm³/mol. The number of halogens is 2. The van der Waals surface area contributed by atoms with Crippen LogP contribution in [0, 0.1) is 11.7 Å². The first-order valence-corrected chi connectivity index (χ1v) is 9.12. The fourth-order valence-electron chi connectivity index (χ4n) is 3.21.